The van der Waals surface area contributed by atoms with Crippen molar-refractivity contribution in [1.82, 2.24) is 4.90 Å². The molecule has 2 aromatic carbocycles. The molecule has 2 aromatic rings. The fourth-order valence-corrected chi connectivity index (χ4v) is 2.88. The lowest BCUT2D eigenvalue weighted by Crippen LogP contribution is -2.30. The van der Waals surface area contributed by atoms with E-state index in [1.807, 2.05) is 0 Å². The zero-order chi connectivity index (χ0) is 19.4. The highest BCUT2D eigenvalue weighted by molar-refractivity contribution is 6.08. The fourth-order valence-electron chi connectivity index (χ4n) is 2.88. The van der Waals surface area contributed by atoms with E-state index in [1.54, 1.807) is 67.6 Å². The van der Waals surface area contributed by atoms with Gasteiger partial charge in [-0.3, -0.25) is 14.4 Å². The molecule has 7 nitrogen and oxygen atoms in total. The molecular formula is C20H21N3O4. The van der Waals surface area contributed by atoms with Crippen LogP contribution in [0.1, 0.15) is 16.8 Å². The molecule has 2 N–H and O–H groups in total. The van der Waals surface area contributed by atoms with Crippen molar-refractivity contribution in [3.8, 4) is 5.75 Å². The summed E-state index contributed by atoms with van der Waals surface area (Å²) in [6, 6.07) is 13.6. The number of hydrogen-bond donors (Lipinski definition) is 2. The molecular weight excluding hydrogens is 346 g/mol. The van der Waals surface area contributed by atoms with Gasteiger partial charge in [0.15, 0.2) is 0 Å². The van der Waals surface area contributed by atoms with Crippen LogP contribution >= 0.6 is 0 Å². The minimum absolute atomic E-state index is 0.164. The van der Waals surface area contributed by atoms with Crippen molar-refractivity contribution in [3.63, 3.8) is 0 Å². The average Bonchev–Trinajstić information content (AvgIpc) is 3.02. The number of methoxy groups -OCH3 is 1. The summed E-state index contributed by atoms with van der Waals surface area (Å²) in [5, 5.41) is 5.52. The number of benzene rings is 2. The summed E-state index contributed by atoms with van der Waals surface area (Å²) in [7, 11) is 3.26. The molecule has 0 aliphatic carbocycles. The van der Waals surface area contributed by atoms with Crippen molar-refractivity contribution < 1.29 is 19.1 Å². The second-order valence-corrected chi connectivity index (χ2v) is 6.35. The minimum atomic E-state index is -0.645. The molecule has 1 fully saturated rings. The summed E-state index contributed by atoms with van der Waals surface area (Å²) in [6.45, 7) is 0.585. The van der Waals surface area contributed by atoms with Gasteiger partial charge >= 0.3 is 0 Å². The van der Waals surface area contributed by atoms with Gasteiger partial charge in [0.2, 0.25) is 11.8 Å². The molecule has 0 saturated carbocycles. The number of carbonyl (C=O) groups is 3. The van der Waals surface area contributed by atoms with Gasteiger partial charge in [0, 0.05) is 30.5 Å². The van der Waals surface area contributed by atoms with Crippen LogP contribution in [0.15, 0.2) is 48.5 Å². The van der Waals surface area contributed by atoms with Crippen LogP contribution in [0.2, 0.25) is 0 Å². The van der Waals surface area contributed by atoms with Crippen LogP contribution < -0.4 is 15.4 Å². The molecule has 1 heterocycles. The summed E-state index contributed by atoms with van der Waals surface area (Å²) in [5.74, 6) is -0.679. The van der Waals surface area contributed by atoms with Crippen molar-refractivity contribution >= 4 is 29.1 Å². The molecule has 7 heteroatoms. The molecule has 0 bridgehead atoms. The summed E-state index contributed by atoms with van der Waals surface area (Å²) in [6.07, 6.45) is 0.517. The van der Waals surface area contributed by atoms with Gasteiger partial charge in [-0.2, -0.15) is 0 Å². The van der Waals surface area contributed by atoms with E-state index in [0.717, 1.165) is 0 Å². The largest absolute Gasteiger partial charge is 0.497 e. The number of nitrogens with zero attached hydrogens (tertiary/aromatic N) is 1. The predicted molar refractivity (Wildman–Crippen MR) is 102 cm³/mol. The standard InChI is InChI=1S/C20H21N3O4/c1-23-12-11-17(20(23)26)19(25)22-14-5-3-13(4-6-14)18(24)21-15-7-9-16(27-2)10-8-15/h3-10,17H,11-12H2,1-2H3,(H,21,24)(H,22,25)/t17-/m0/s1. The first kappa shape index (κ1) is 18.4. The number of likely N-dealkylation sites (tertiary alicyclic amines) is 1. The van der Waals surface area contributed by atoms with Crippen LogP contribution in [0.25, 0.3) is 0 Å². The predicted octanol–water partition coefficient (Wildman–Crippen LogP) is 2.36. The highest BCUT2D eigenvalue weighted by Gasteiger charge is 2.34. The van der Waals surface area contributed by atoms with Gasteiger partial charge in [0.25, 0.3) is 5.91 Å². The quantitative estimate of drug-likeness (QED) is 0.794. The van der Waals surface area contributed by atoms with Crippen LogP contribution in [0.4, 0.5) is 11.4 Å². The Bertz CT molecular complexity index is 847. The number of nitrogens with one attached hydrogen (secondary N) is 2. The molecule has 0 unspecified atom stereocenters. The Morgan fingerprint density at radius 1 is 1.00 bits per heavy atom. The van der Waals surface area contributed by atoms with Crippen LogP contribution in [0, 0.1) is 5.92 Å². The number of amides is 3. The highest BCUT2D eigenvalue weighted by atomic mass is 16.5. The van der Waals surface area contributed by atoms with Crippen molar-refractivity contribution in [2.45, 2.75) is 6.42 Å². The van der Waals surface area contributed by atoms with E-state index in [1.165, 1.54) is 0 Å². The molecule has 1 atom stereocenters. The van der Waals surface area contributed by atoms with Gasteiger partial charge in [-0.1, -0.05) is 0 Å². The fraction of sp³-hybridized carbons (Fsp3) is 0.250. The first-order chi connectivity index (χ1) is 13.0. The number of hydrogen-bond acceptors (Lipinski definition) is 4. The Hall–Kier alpha value is -3.35. The van der Waals surface area contributed by atoms with Crippen molar-refractivity contribution in [1.29, 1.82) is 0 Å². The van der Waals surface area contributed by atoms with E-state index in [-0.39, 0.29) is 17.7 Å². The lowest BCUT2D eigenvalue weighted by Gasteiger charge is -2.11. The number of anilines is 2. The Balaban J connectivity index is 1.60. The Labute approximate surface area is 157 Å². The second-order valence-electron chi connectivity index (χ2n) is 6.35. The molecule has 1 aliphatic rings. The molecule has 3 rings (SSSR count). The van der Waals surface area contributed by atoms with Gasteiger partial charge in [-0.15, -0.1) is 0 Å². The van der Waals surface area contributed by atoms with Gasteiger partial charge in [-0.05, 0) is 55.0 Å². The first-order valence-corrected chi connectivity index (χ1v) is 8.59. The maximum atomic E-state index is 12.3. The van der Waals surface area contributed by atoms with Crippen LogP contribution in [-0.2, 0) is 9.59 Å². The van der Waals surface area contributed by atoms with E-state index >= 15 is 0 Å². The molecule has 0 radical (unpaired) electrons. The summed E-state index contributed by atoms with van der Waals surface area (Å²) in [5.41, 5.74) is 1.66. The highest BCUT2D eigenvalue weighted by Crippen LogP contribution is 2.20. The molecule has 1 saturated heterocycles. The zero-order valence-corrected chi connectivity index (χ0v) is 15.2. The molecule has 3 amide bonds. The maximum Gasteiger partial charge on any atom is 0.255 e. The number of rotatable bonds is 5. The van der Waals surface area contributed by atoms with Gasteiger partial charge in [0.05, 0.1) is 7.11 Å². The van der Waals surface area contributed by atoms with Crippen LogP contribution in [0.5, 0.6) is 5.75 Å². The third-order valence-electron chi connectivity index (χ3n) is 4.51. The monoisotopic (exact) mass is 367 g/mol. The molecule has 0 aromatic heterocycles. The normalized spacial score (nSPS) is 16.1. The van der Waals surface area contributed by atoms with Crippen molar-refractivity contribution in [3.05, 3.63) is 54.1 Å². The van der Waals surface area contributed by atoms with Crippen LogP contribution in [-0.4, -0.2) is 43.3 Å². The van der Waals surface area contributed by atoms with E-state index in [0.29, 0.717) is 35.7 Å². The number of carbonyl (C=O) groups excluding carboxylic acids is 3. The molecule has 140 valence electrons. The van der Waals surface area contributed by atoms with E-state index in [9.17, 15) is 14.4 Å². The lowest BCUT2D eigenvalue weighted by molar-refractivity contribution is -0.134. The van der Waals surface area contributed by atoms with E-state index < -0.39 is 5.92 Å². The van der Waals surface area contributed by atoms with Gasteiger partial charge < -0.3 is 20.3 Å². The summed E-state index contributed by atoms with van der Waals surface area (Å²) >= 11 is 0. The first-order valence-electron chi connectivity index (χ1n) is 8.59. The van der Waals surface area contributed by atoms with E-state index in [2.05, 4.69) is 10.6 Å². The second kappa shape index (κ2) is 7.90. The molecule has 1 aliphatic heterocycles. The SMILES string of the molecule is COc1ccc(NC(=O)c2ccc(NC(=O)[C@@H]3CCN(C)C3=O)cc2)cc1. The third kappa shape index (κ3) is 4.25. The topological polar surface area (TPSA) is 87.7 Å². The Morgan fingerprint density at radius 3 is 2.15 bits per heavy atom. The Morgan fingerprint density at radius 2 is 1.59 bits per heavy atom. The molecule has 0 spiro atoms. The average molecular weight is 367 g/mol. The summed E-state index contributed by atoms with van der Waals surface area (Å²) < 4.78 is 5.08. The maximum absolute atomic E-state index is 12.3. The lowest BCUT2D eigenvalue weighted by atomic mass is 10.1. The Kier molecular flexibility index (Phi) is 5.40. The number of ether oxygens (including phenoxy) is 1. The van der Waals surface area contributed by atoms with Crippen molar-refractivity contribution in [2.24, 2.45) is 5.92 Å². The smallest absolute Gasteiger partial charge is 0.255 e. The van der Waals surface area contributed by atoms with E-state index in [4.69, 9.17) is 4.74 Å². The van der Waals surface area contributed by atoms with Gasteiger partial charge in [-0.25, -0.2) is 0 Å². The van der Waals surface area contributed by atoms with Crippen LogP contribution in [0.3, 0.4) is 0 Å². The van der Waals surface area contributed by atoms with Crippen molar-refractivity contribution in [2.75, 3.05) is 31.3 Å². The molecule has 27 heavy (non-hydrogen) atoms. The van der Waals surface area contributed by atoms with Gasteiger partial charge in [0.1, 0.15) is 11.7 Å². The zero-order valence-electron chi connectivity index (χ0n) is 15.2. The third-order valence-corrected chi connectivity index (χ3v) is 4.51. The summed E-state index contributed by atoms with van der Waals surface area (Å²) in [4.78, 5) is 38.0. The minimum Gasteiger partial charge on any atom is -0.497 e.